The summed E-state index contributed by atoms with van der Waals surface area (Å²) in [5.41, 5.74) is 0.216. The SMILES string of the molecule is CC1(CNc2nccn(C3CC3)c2=O)CCOCC1. The summed E-state index contributed by atoms with van der Waals surface area (Å²) in [6.07, 6.45) is 7.79. The molecule has 5 nitrogen and oxygen atoms in total. The van der Waals surface area contributed by atoms with Gasteiger partial charge in [-0.15, -0.1) is 0 Å². The number of aromatic nitrogens is 2. The summed E-state index contributed by atoms with van der Waals surface area (Å²) in [5, 5.41) is 3.25. The number of rotatable bonds is 4. The molecular weight excluding hydrogens is 242 g/mol. The van der Waals surface area contributed by atoms with Crippen LogP contribution in [0.25, 0.3) is 0 Å². The zero-order valence-electron chi connectivity index (χ0n) is 11.4. The molecule has 0 unspecified atom stereocenters. The summed E-state index contributed by atoms with van der Waals surface area (Å²) < 4.78 is 7.20. The Kier molecular flexibility index (Phi) is 3.31. The molecule has 19 heavy (non-hydrogen) atoms. The van der Waals surface area contributed by atoms with Crippen LogP contribution in [0.3, 0.4) is 0 Å². The maximum atomic E-state index is 12.2. The molecule has 1 aromatic rings. The predicted octanol–water partition coefficient (Wildman–Crippen LogP) is 1.81. The highest BCUT2D eigenvalue weighted by Gasteiger charge is 2.28. The van der Waals surface area contributed by atoms with E-state index in [-0.39, 0.29) is 11.0 Å². The molecule has 0 amide bonds. The summed E-state index contributed by atoms with van der Waals surface area (Å²) in [7, 11) is 0. The average molecular weight is 263 g/mol. The van der Waals surface area contributed by atoms with E-state index < -0.39 is 0 Å². The minimum atomic E-state index is 0.0145. The minimum Gasteiger partial charge on any atom is -0.381 e. The van der Waals surface area contributed by atoms with Crippen molar-refractivity contribution in [2.24, 2.45) is 5.41 Å². The molecule has 0 bridgehead atoms. The van der Waals surface area contributed by atoms with Crippen LogP contribution in [0.2, 0.25) is 0 Å². The predicted molar refractivity (Wildman–Crippen MR) is 73.4 cm³/mol. The van der Waals surface area contributed by atoms with Crippen LogP contribution >= 0.6 is 0 Å². The number of nitrogens with zero attached hydrogens (tertiary/aromatic N) is 2. The Morgan fingerprint density at radius 2 is 2.21 bits per heavy atom. The zero-order valence-corrected chi connectivity index (χ0v) is 11.4. The monoisotopic (exact) mass is 263 g/mol. The highest BCUT2D eigenvalue weighted by Crippen LogP contribution is 2.33. The van der Waals surface area contributed by atoms with E-state index in [2.05, 4.69) is 17.2 Å². The molecule has 0 radical (unpaired) electrons. The molecule has 2 fully saturated rings. The van der Waals surface area contributed by atoms with Gasteiger partial charge in [0, 0.05) is 38.2 Å². The smallest absolute Gasteiger partial charge is 0.293 e. The molecule has 1 aromatic heterocycles. The summed E-state index contributed by atoms with van der Waals surface area (Å²) >= 11 is 0. The largest absolute Gasteiger partial charge is 0.381 e. The van der Waals surface area contributed by atoms with Crippen molar-refractivity contribution in [3.05, 3.63) is 22.7 Å². The minimum absolute atomic E-state index is 0.0145. The summed E-state index contributed by atoms with van der Waals surface area (Å²) in [4.78, 5) is 16.4. The zero-order chi connectivity index (χ0) is 13.3. The van der Waals surface area contributed by atoms with Crippen molar-refractivity contribution in [2.75, 3.05) is 25.1 Å². The van der Waals surface area contributed by atoms with E-state index in [4.69, 9.17) is 4.74 Å². The van der Waals surface area contributed by atoms with E-state index in [1.165, 1.54) is 0 Å². The van der Waals surface area contributed by atoms with Crippen molar-refractivity contribution in [3.8, 4) is 0 Å². The topological polar surface area (TPSA) is 56.2 Å². The van der Waals surface area contributed by atoms with Crippen molar-refractivity contribution in [1.29, 1.82) is 0 Å². The second-order valence-electron chi connectivity index (χ2n) is 6.00. The molecule has 1 saturated carbocycles. The first-order valence-electron chi connectivity index (χ1n) is 7.07. The quantitative estimate of drug-likeness (QED) is 0.900. The third-order valence-electron chi connectivity index (χ3n) is 4.19. The normalized spacial score (nSPS) is 22.2. The Morgan fingerprint density at radius 3 is 2.89 bits per heavy atom. The van der Waals surface area contributed by atoms with E-state index in [1.807, 2.05) is 4.57 Å². The fourth-order valence-electron chi connectivity index (χ4n) is 2.52. The Balaban J connectivity index is 1.69. The summed E-state index contributed by atoms with van der Waals surface area (Å²) in [6.45, 7) is 4.65. The highest BCUT2D eigenvalue weighted by molar-refractivity contribution is 5.31. The number of hydrogen-bond donors (Lipinski definition) is 1. The molecule has 2 heterocycles. The Bertz CT molecular complexity index is 502. The molecule has 0 aromatic carbocycles. The molecule has 0 spiro atoms. The van der Waals surface area contributed by atoms with Gasteiger partial charge in [-0.05, 0) is 31.1 Å². The second-order valence-corrected chi connectivity index (χ2v) is 6.00. The van der Waals surface area contributed by atoms with Crippen molar-refractivity contribution in [2.45, 2.75) is 38.6 Å². The van der Waals surface area contributed by atoms with Crippen LogP contribution in [0, 0.1) is 5.41 Å². The first-order valence-corrected chi connectivity index (χ1v) is 7.07. The van der Waals surface area contributed by atoms with Gasteiger partial charge in [-0.2, -0.15) is 0 Å². The van der Waals surface area contributed by atoms with Gasteiger partial charge in [0.15, 0.2) is 5.82 Å². The number of ether oxygens (including phenoxy) is 1. The van der Waals surface area contributed by atoms with Gasteiger partial charge in [0.05, 0.1) is 0 Å². The third kappa shape index (κ3) is 2.81. The van der Waals surface area contributed by atoms with Crippen molar-refractivity contribution in [1.82, 2.24) is 9.55 Å². The Labute approximate surface area is 113 Å². The number of anilines is 1. The number of nitrogens with one attached hydrogen (secondary N) is 1. The Hall–Kier alpha value is -1.36. The third-order valence-corrected chi connectivity index (χ3v) is 4.19. The fraction of sp³-hybridized carbons (Fsp3) is 0.714. The van der Waals surface area contributed by atoms with E-state index >= 15 is 0 Å². The van der Waals surface area contributed by atoms with Crippen LogP contribution in [0.15, 0.2) is 17.2 Å². The van der Waals surface area contributed by atoms with Gasteiger partial charge in [0.25, 0.3) is 5.56 Å². The molecule has 0 atom stereocenters. The van der Waals surface area contributed by atoms with E-state index in [1.54, 1.807) is 12.4 Å². The maximum absolute atomic E-state index is 12.2. The lowest BCUT2D eigenvalue weighted by Crippen LogP contribution is -2.35. The van der Waals surface area contributed by atoms with Gasteiger partial charge in [-0.1, -0.05) is 6.92 Å². The van der Waals surface area contributed by atoms with Crippen LogP contribution < -0.4 is 10.9 Å². The van der Waals surface area contributed by atoms with Gasteiger partial charge in [-0.3, -0.25) is 4.79 Å². The molecule has 104 valence electrons. The standard InChI is InChI=1S/C14H21N3O2/c1-14(4-8-19-9-5-14)10-16-12-13(18)17(7-6-15-12)11-2-3-11/h6-7,11H,2-5,8-10H2,1H3,(H,15,16). The summed E-state index contributed by atoms with van der Waals surface area (Å²) in [6, 6.07) is 0.398. The Morgan fingerprint density at radius 1 is 1.47 bits per heavy atom. The summed E-state index contributed by atoms with van der Waals surface area (Å²) in [5.74, 6) is 0.488. The lowest BCUT2D eigenvalue weighted by molar-refractivity contribution is 0.0299. The van der Waals surface area contributed by atoms with E-state index in [0.717, 1.165) is 45.4 Å². The molecule has 1 N–H and O–H groups in total. The fourth-order valence-corrected chi connectivity index (χ4v) is 2.52. The van der Waals surface area contributed by atoms with E-state index in [0.29, 0.717) is 11.9 Å². The molecule has 1 aliphatic heterocycles. The number of hydrogen-bond acceptors (Lipinski definition) is 4. The average Bonchev–Trinajstić information content (AvgIpc) is 3.23. The molecular formula is C14H21N3O2. The van der Waals surface area contributed by atoms with Crippen molar-refractivity contribution < 1.29 is 4.74 Å². The van der Waals surface area contributed by atoms with Gasteiger partial charge in [0.1, 0.15) is 0 Å². The molecule has 1 saturated heterocycles. The molecule has 5 heteroatoms. The van der Waals surface area contributed by atoms with Gasteiger partial charge in [-0.25, -0.2) is 4.98 Å². The van der Waals surface area contributed by atoms with Crippen LogP contribution in [0.1, 0.15) is 38.6 Å². The first kappa shape index (κ1) is 12.7. The van der Waals surface area contributed by atoms with Crippen molar-refractivity contribution >= 4 is 5.82 Å². The van der Waals surface area contributed by atoms with Gasteiger partial charge < -0.3 is 14.6 Å². The van der Waals surface area contributed by atoms with Crippen LogP contribution in [0.4, 0.5) is 5.82 Å². The van der Waals surface area contributed by atoms with Crippen LogP contribution in [-0.4, -0.2) is 29.3 Å². The van der Waals surface area contributed by atoms with Crippen LogP contribution in [-0.2, 0) is 4.74 Å². The maximum Gasteiger partial charge on any atom is 0.293 e. The molecule has 3 rings (SSSR count). The first-order chi connectivity index (χ1) is 9.18. The van der Waals surface area contributed by atoms with E-state index in [9.17, 15) is 4.79 Å². The van der Waals surface area contributed by atoms with Crippen molar-refractivity contribution in [3.63, 3.8) is 0 Å². The lowest BCUT2D eigenvalue weighted by Gasteiger charge is -2.33. The van der Waals surface area contributed by atoms with Gasteiger partial charge >= 0.3 is 0 Å². The highest BCUT2D eigenvalue weighted by atomic mass is 16.5. The van der Waals surface area contributed by atoms with Crippen LogP contribution in [0.5, 0.6) is 0 Å². The second kappa shape index (κ2) is 4.96. The lowest BCUT2D eigenvalue weighted by atomic mass is 9.82. The molecule has 1 aliphatic carbocycles. The van der Waals surface area contributed by atoms with Gasteiger partial charge in [0.2, 0.25) is 0 Å². The molecule has 2 aliphatic rings.